The molecule has 1 N–H and O–H groups in total. The van der Waals surface area contributed by atoms with Crippen molar-refractivity contribution in [2.45, 2.75) is 50.9 Å². The number of hydrogen-bond donors (Lipinski definition) is 1. The lowest BCUT2D eigenvalue weighted by molar-refractivity contribution is -0.125. The first kappa shape index (κ1) is 20.8. The molecule has 0 radical (unpaired) electrons. The molecule has 2 amide bonds. The summed E-state index contributed by atoms with van der Waals surface area (Å²) in [4.78, 5) is 27.4. The molecule has 1 heterocycles. The summed E-state index contributed by atoms with van der Waals surface area (Å²) < 4.78 is 4.98. The van der Waals surface area contributed by atoms with Gasteiger partial charge in [-0.2, -0.15) is 0 Å². The van der Waals surface area contributed by atoms with Gasteiger partial charge >= 0.3 is 0 Å². The van der Waals surface area contributed by atoms with Crippen molar-refractivity contribution in [1.82, 2.24) is 10.2 Å². The Morgan fingerprint density at radius 1 is 1.27 bits per heavy atom. The third-order valence-electron chi connectivity index (χ3n) is 4.58. The molecule has 6 heteroatoms. The third kappa shape index (κ3) is 4.80. The fourth-order valence-electron chi connectivity index (χ4n) is 3.01. The van der Waals surface area contributed by atoms with Crippen LogP contribution in [0.15, 0.2) is 24.3 Å². The molecule has 2 atom stereocenters. The Hall–Kier alpha value is -1.53. The Morgan fingerprint density at radius 3 is 2.46 bits per heavy atom. The molecule has 1 aliphatic rings. The Morgan fingerprint density at radius 2 is 1.92 bits per heavy atom. The van der Waals surface area contributed by atoms with E-state index >= 15 is 0 Å². The maximum atomic E-state index is 13.1. The predicted octanol–water partition coefficient (Wildman–Crippen LogP) is 3.04. The molecule has 1 aromatic carbocycles. The van der Waals surface area contributed by atoms with Gasteiger partial charge in [0.15, 0.2) is 0 Å². The Kier molecular flexibility index (Phi) is 7.12. The summed E-state index contributed by atoms with van der Waals surface area (Å²) in [6.07, 6.45) is 0.818. The van der Waals surface area contributed by atoms with Gasteiger partial charge in [-0.15, -0.1) is 11.8 Å². The van der Waals surface area contributed by atoms with Crippen LogP contribution < -0.4 is 5.32 Å². The van der Waals surface area contributed by atoms with E-state index in [1.165, 1.54) is 5.56 Å². The minimum Gasteiger partial charge on any atom is -0.383 e. The number of carbonyl (C=O) groups is 2. The number of carbonyl (C=O) groups excluding carboxylic acids is 2. The van der Waals surface area contributed by atoms with Crippen molar-refractivity contribution >= 4 is 23.6 Å². The fraction of sp³-hybridized carbons (Fsp3) is 0.600. The van der Waals surface area contributed by atoms with Crippen molar-refractivity contribution in [3.8, 4) is 0 Å². The second-order valence-corrected chi connectivity index (χ2v) is 8.75. The van der Waals surface area contributed by atoms with Crippen LogP contribution >= 0.6 is 11.8 Å². The predicted molar refractivity (Wildman–Crippen MR) is 107 cm³/mol. The van der Waals surface area contributed by atoms with Gasteiger partial charge in [0.25, 0.3) is 5.91 Å². The lowest BCUT2D eigenvalue weighted by atomic mass is 9.86. The highest BCUT2D eigenvalue weighted by molar-refractivity contribution is 8.00. The largest absolute Gasteiger partial charge is 0.383 e. The number of benzene rings is 1. The van der Waals surface area contributed by atoms with Crippen molar-refractivity contribution in [2.75, 3.05) is 26.0 Å². The molecule has 1 aliphatic heterocycles. The lowest BCUT2D eigenvalue weighted by Gasteiger charge is -2.28. The number of methoxy groups -OCH3 is 1. The van der Waals surface area contributed by atoms with Crippen molar-refractivity contribution in [2.24, 2.45) is 0 Å². The molecule has 0 saturated carbocycles. The summed E-state index contributed by atoms with van der Waals surface area (Å²) in [5.74, 6) is 0.447. The molecule has 0 aliphatic carbocycles. The SMILES string of the molecule is CCC1SCC(C(=O)NCCOC)N1C(=O)c1ccc(C(C)(C)C)cc1. The van der Waals surface area contributed by atoms with Crippen LogP contribution in [0, 0.1) is 0 Å². The van der Waals surface area contributed by atoms with Crippen LogP contribution in [0.4, 0.5) is 0 Å². The maximum absolute atomic E-state index is 13.1. The summed E-state index contributed by atoms with van der Waals surface area (Å²) in [6, 6.07) is 7.32. The minimum absolute atomic E-state index is 0.0305. The summed E-state index contributed by atoms with van der Waals surface area (Å²) >= 11 is 1.67. The van der Waals surface area contributed by atoms with E-state index in [1.54, 1.807) is 23.8 Å². The highest BCUT2D eigenvalue weighted by Crippen LogP contribution is 2.33. The molecule has 1 aromatic rings. The van der Waals surface area contributed by atoms with E-state index < -0.39 is 6.04 Å². The number of amides is 2. The standard InChI is InChI=1S/C20H30N2O3S/c1-6-17-22(16(13-26-17)18(23)21-11-12-25-5)19(24)14-7-9-15(10-8-14)20(2,3)4/h7-10,16-17H,6,11-13H2,1-5H3,(H,21,23). The maximum Gasteiger partial charge on any atom is 0.255 e. The molecule has 1 fully saturated rings. The number of hydrogen-bond acceptors (Lipinski definition) is 4. The zero-order valence-electron chi connectivity index (χ0n) is 16.4. The van der Waals surface area contributed by atoms with E-state index in [0.717, 1.165) is 6.42 Å². The minimum atomic E-state index is -0.434. The zero-order valence-corrected chi connectivity index (χ0v) is 17.2. The Bertz CT molecular complexity index is 625. The normalized spacial score (nSPS) is 20.3. The summed E-state index contributed by atoms with van der Waals surface area (Å²) in [7, 11) is 1.60. The first-order valence-corrected chi connectivity index (χ1v) is 10.2. The summed E-state index contributed by atoms with van der Waals surface area (Å²) in [5, 5.41) is 2.89. The van der Waals surface area contributed by atoms with Crippen LogP contribution in [0.1, 0.15) is 50.0 Å². The van der Waals surface area contributed by atoms with Crippen molar-refractivity contribution in [3.63, 3.8) is 0 Å². The molecule has 144 valence electrons. The van der Waals surface area contributed by atoms with E-state index in [-0.39, 0.29) is 22.6 Å². The van der Waals surface area contributed by atoms with E-state index in [0.29, 0.717) is 24.5 Å². The van der Waals surface area contributed by atoms with E-state index in [9.17, 15) is 9.59 Å². The fourth-order valence-corrected chi connectivity index (χ4v) is 4.36. The van der Waals surface area contributed by atoms with Crippen LogP contribution in [0.2, 0.25) is 0 Å². The van der Waals surface area contributed by atoms with Crippen LogP contribution in [0.25, 0.3) is 0 Å². The number of thioether (sulfide) groups is 1. The monoisotopic (exact) mass is 378 g/mol. The highest BCUT2D eigenvalue weighted by Gasteiger charge is 2.40. The number of rotatable bonds is 6. The van der Waals surface area contributed by atoms with E-state index in [2.05, 4.69) is 26.1 Å². The van der Waals surface area contributed by atoms with Gasteiger partial charge in [-0.25, -0.2) is 0 Å². The van der Waals surface area contributed by atoms with E-state index in [4.69, 9.17) is 4.74 Å². The molecule has 0 spiro atoms. The lowest BCUT2D eigenvalue weighted by Crippen LogP contribution is -2.50. The topological polar surface area (TPSA) is 58.6 Å². The van der Waals surface area contributed by atoms with Gasteiger partial charge in [-0.3, -0.25) is 9.59 Å². The third-order valence-corrected chi connectivity index (χ3v) is 6.04. The van der Waals surface area contributed by atoms with Gasteiger partial charge in [-0.05, 0) is 29.5 Å². The van der Waals surface area contributed by atoms with Gasteiger partial charge in [0.05, 0.1) is 12.0 Å². The average molecular weight is 379 g/mol. The first-order valence-electron chi connectivity index (χ1n) is 9.11. The van der Waals surface area contributed by atoms with Gasteiger partial charge in [0.1, 0.15) is 6.04 Å². The van der Waals surface area contributed by atoms with Crippen molar-refractivity contribution in [1.29, 1.82) is 0 Å². The number of ether oxygens (including phenoxy) is 1. The van der Waals surface area contributed by atoms with Crippen LogP contribution in [-0.4, -0.2) is 54.1 Å². The molecule has 0 bridgehead atoms. The molecule has 2 rings (SSSR count). The van der Waals surface area contributed by atoms with Gasteiger partial charge in [0, 0.05) is 25.0 Å². The molecule has 1 saturated heterocycles. The molecule has 0 aromatic heterocycles. The smallest absolute Gasteiger partial charge is 0.255 e. The molecule has 26 heavy (non-hydrogen) atoms. The van der Waals surface area contributed by atoms with Crippen LogP contribution in [0.5, 0.6) is 0 Å². The average Bonchev–Trinajstić information content (AvgIpc) is 3.04. The van der Waals surface area contributed by atoms with Gasteiger partial charge in [0.2, 0.25) is 5.91 Å². The van der Waals surface area contributed by atoms with Crippen molar-refractivity contribution < 1.29 is 14.3 Å². The van der Waals surface area contributed by atoms with Gasteiger partial charge in [-0.1, -0.05) is 39.8 Å². The van der Waals surface area contributed by atoms with Crippen LogP contribution in [-0.2, 0) is 14.9 Å². The molecular formula is C20H30N2O3S. The summed E-state index contributed by atoms with van der Waals surface area (Å²) in [5.41, 5.74) is 1.86. The molecule has 5 nitrogen and oxygen atoms in total. The highest BCUT2D eigenvalue weighted by atomic mass is 32.2. The Balaban J connectivity index is 2.18. The van der Waals surface area contributed by atoms with Crippen molar-refractivity contribution in [3.05, 3.63) is 35.4 Å². The number of nitrogens with one attached hydrogen (secondary N) is 1. The second-order valence-electron chi connectivity index (χ2n) is 7.54. The first-order chi connectivity index (χ1) is 12.3. The van der Waals surface area contributed by atoms with Gasteiger partial charge < -0.3 is 15.0 Å². The quantitative estimate of drug-likeness (QED) is 0.773. The second kappa shape index (κ2) is 8.91. The summed E-state index contributed by atoms with van der Waals surface area (Å²) in [6.45, 7) is 9.41. The molecule has 2 unspecified atom stereocenters. The molecular weight excluding hydrogens is 348 g/mol. The zero-order chi connectivity index (χ0) is 19.3. The van der Waals surface area contributed by atoms with Crippen LogP contribution in [0.3, 0.4) is 0 Å². The Labute approximate surface area is 160 Å². The number of nitrogens with zero attached hydrogens (tertiary/aromatic N) is 1. The van der Waals surface area contributed by atoms with E-state index in [1.807, 2.05) is 31.2 Å².